The molecule has 4 rings (SSSR count). The first-order valence-electron chi connectivity index (χ1n) is 7.88. The summed E-state index contributed by atoms with van der Waals surface area (Å²) in [5, 5.41) is 0. The van der Waals surface area contributed by atoms with Crippen LogP contribution in [-0.2, 0) is 0 Å². The van der Waals surface area contributed by atoms with Gasteiger partial charge in [-0.25, -0.2) is 0 Å². The topological polar surface area (TPSA) is 0 Å². The van der Waals surface area contributed by atoms with Crippen LogP contribution in [0.2, 0.25) is 0 Å². The summed E-state index contributed by atoms with van der Waals surface area (Å²) in [5.74, 6) is 0. The molecule has 0 aromatic heterocycles. The molecule has 0 bridgehead atoms. The molecule has 2 atom stereocenters. The molecule has 1 heteroatoms. The molecule has 2 unspecified atom stereocenters. The Balaban J connectivity index is 1.59. The highest BCUT2D eigenvalue weighted by Gasteiger charge is 2.63. The molecule has 0 N–H and O–H groups in total. The van der Waals surface area contributed by atoms with Crippen LogP contribution in [-0.4, -0.2) is 9.49 Å². The lowest BCUT2D eigenvalue weighted by Gasteiger charge is -2.14. The Morgan fingerprint density at radius 1 is 0.609 bits per heavy atom. The van der Waals surface area contributed by atoms with Gasteiger partial charge in [0.05, 0.1) is 9.49 Å². The first kappa shape index (κ1) is 14.3. The zero-order valence-electron chi connectivity index (χ0n) is 12.8. The molecule has 1 aliphatic carbocycles. The lowest BCUT2D eigenvalue weighted by atomic mass is 9.87. The maximum Gasteiger partial charge on any atom is 0.0755 e. The number of hydrogen-bond acceptors (Lipinski definition) is 1. The van der Waals surface area contributed by atoms with Gasteiger partial charge in [-0.15, -0.1) is 11.8 Å². The minimum Gasteiger partial charge on any atom is -0.127 e. The molecule has 2 aromatic rings. The summed E-state index contributed by atoms with van der Waals surface area (Å²) in [6.07, 6.45) is 18.1. The van der Waals surface area contributed by atoms with Gasteiger partial charge in [0.1, 0.15) is 0 Å². The van der Waals surface area contributed by atoms with Crippen molar-refractivity contribution in [3.05, 3.63) is 108 Å². The van der Waals surface area contributed by atoms with E-state index in [4.69, 9.17) is 0 Å². The molecule has 23 heavy (non-hydrogen) atoms. The molecule has 1 saturated heterocycles. The first-order chi connectivity index (χ1) is 11.3. The van der Waals surface area contributed by atoms with Crippen molar-refractivity contribution in [2.24, 2.45) is 0 Å². The van der Waals surface area contributed by atoms with Gasteiger partial charge in [0.25, 0.3) is 0 Å². The van der Waals surface area contributed by atoms with Gasteiger partial charge >= 0.3 is 0 Å². The summed E-state index contributed by atoms with van der Waals surface area (Å²) < 4.78 is 0.117. The Labute approximate surface area is 141 Å². The molecule has 0 saturated carbocycles. The van der Waals surface area contributed by atoms with Crippen molar-refractivity contribution in [1.29, 1.82) is 0 Å². The molecule has 1 aliphatic heterocycles. The van der Waals surface area contributed by atoms with Crippen LogP contribution < -0.4 is 0 Å². The van der Waals surface area contributed by atoms with Gasteiger partial charge in [0.15, 0.2) is 0 Å². The Bertz CT molecular complexity index is 729. The normalized spacial score (nSPS) is 28.3. The van der Waals surface area contributed by atoms with Gasteiger partial charge in [0, 0.05) is 0 Å². The Hall–Kier alpha value is -2.25. The summed E-state index contributed by atoms with van der Waals surface area (Å²) in [6.45, 7) is 0. The molecule has 1 heterocycles. The van der Waals surface area contributed by atoms with Gasteiger partial charge < -0.3 is 0 Å². The Morgan fingerprint density at radius 2 is 1.04 bits per heavy atom. The van der Waals surface area contributed by atoms with Crippen LogP contribution in [0.3, 0.4) is 0 Å². The van der Waals surface area contributed by atoms with E-state index in [1.54, 1.807) is 0 Å². The number of allylic oxidation sites excluding steroid dienone is 2. The molecule has 2 aliphatic rings. The largest absolute Gasteiger partial charge is 0.127 e. The van der Waals surface area contributed by atoms with E-state index >= 15 is 0 Å². The predicted molar refractivity (Wildman–Crippen MR) is 102 cm³/mol. The van der Waals surface area contributed by atoms with Crippen molar-refractivity contribution in [2.75, 3.05) is 0 Å². The van der Waals surface area contributed by atoms with Gasteiger partial charge in [-0.3, -0.25) is 0 Å². The van der Waals surface area contributed by atoms with Crippen LogP contribution in [0.15, 0.2) is 97.1 Å². The number of rotatable bonds is 4. The highest BCUT2D eigenvalue weighted by atomic mass is 32.2. The third-order valence-electron chi connectivity index (χ3n) is 4.35. The molecule has 0 amide bonds. The fourth-order valence-electron chi connectivity index (χ4n) is 2.99. The van der Waals surface area contributed by atoms with Crippen LogP contribution in [0, 0.1) is 0 Å². The second-order valence-corrected chi connectivity index (χ2v) is 7.45. The molecular formula is C22H18S. The monoisotopic (exact) mass is 314 g/mol. The molecular weight excluding hydrogens is 296 g/mol. The van der Waals surface area contributed by atoms with Crippen molar-refractivity contribution < 1.29 is 0 Å². The number of fused-ring (bicyclic) bond motifs is 1. The van der Waals surface area contributed by atoms with E-state index < -0.39 is 0 Å². The third kappa shape index (κ3) is 2.73. The van der Waals surface area contributed by atoms with Crippen molar-refractivity contribution >= 4 is 23.9 Å². The van der Waals surface area contributed by atoms with Crippen molar-refractivity contribution in [3.63, 3.8) is 0 Å². The summed E-state index contributed by atoms with van der Waals surface area (Å²) in [6, 6.07) is 21.0. The zero-order chi connectivity index (χ0) is 15.6. The minimum atomic E-state index is 0.0584. The van der Waals surface area contributed by atoms with Crippen molar-refractivity contribution in [2.45, 2.75) is 9.49 Å². The van der Waals surface area contributed by atoms with E-state index in [1.165, 1.54) is 11.1 Å². The van der Waals surface area contributed by atoms with Crippen LogP contribution in [0.5, 0.6) is 0 Å². The summed E-state index contributed by atoms with van der Waals surface area (Å²) in [7, 11) is 0. The van der Waals surface area contributed by atoms with Crippen LogP contribution >= 0.6 is 11.8 Å². The average Bonchev–Trinajstić information content (AvgIpc) is 3.30. The minimum absolute atomic E-state index is 0.0584. The first-order valence-corrected chi connectivity index (χ1v) is 8.69. The van der Waals surface area contributed by atoms with Crippen molar-refractivity contribution in [1.82, 2.24) is 0 Å². The molecule has 112 valence electrons. The second kappa shape index (κ2) is 5.75. The summed E-state index contributed by atoms with van der Waals surface area (Å²) in [5.41, 5.74) is 2.50. The number of thioether (sulfide) groups is 1. The number of hydrogen-bond donors (Lipinski definition) is 0. The smallest absolute Gasteiger partial charge is 0.0755 e. The molecule has 1 fully saturated rings. The van der Waals surface area contributed by atoms with Crippen LogP contribution in [0.4, 0.5) is 0 Å². The molecule has 0 radical (unpaired) electrons. The van der Waals surface area contributed by atoms with Gasteiger partial charge in [-0.2, -0.15) is 0 Å². The average molecular weight is 314 g/mol. The van der Waals surface area contributed by atoms with Gasteiger partial charge in [0.2, 0.25) is 0 Å². The summed E-state index contributed by atoms with van der Waals surface area (Å²) >= 11 is 1.99. The fourth-order valence-corrected chi connectivity index (χ4v) is 4.33. The van der Waals surface area contributed by atoms with E-state index in [0.717, 1.165) is 0 Å². The highest BCUT2D eigenvalue weighted by molar-refractivity contribution is 8.10. The SMILES string of the molecule is C1=CC2(C=Cc3ccccc3)SC2(C=Cc2ccccc2)C=C1. The highest BCUT2D eigenvalue weighted by Crippen LogP contribution is 2.68. The van der Waals surface area contributed by atoms with E-state index in [2.05, 4.69) is 109 Å². The quantitative estimate of drug-likeness (QED) is 0.646. The number of benzene rings is 2. The Morgan fingerprint density at radius 3 is 1.48 bits per heavy atom. The zero-order valence-corrected chi connectivity index (χ0v) is 13.6. The van der Waals surface area contributed by atoms with E-state index in [1.807, 2.05) is 11.8 Å². The lowest BCUT2D eigenvalue weighted by molar-refractivity contribution is 0.892. The lowest BCUT2D eigenvalue weighted by Crippen LogP contribution is -2.19. The van der Waals surface area contributed by atoms with E-state index in [-0.39, 0.29) is 9.49 Å². The van der Waals surface area contributed by atoms with Crippen LogP contribution in [0.25, 0.3) is 12.2 Å². The standard InChI is InChI=1S/C22H18S/c1-3-9-19(10-4-1)13-17-21-15-7-8-16-22(21,23-21)18-14-20-11-5-2-6-12-20/h1-18H. The van der Waals surface area contributed by atoms with Gasteiger partial charge in [-0.05, 0) is 11.1 Å². The molecule has 0 nitrogen and oxygen atoms in total. The maximum atomic E-state index is 2.34. The second-order valence-electron chi connectivity index (χ2n) is 5.89. The Kier molecular flexibility index (Phi) is 3.59. The fraction of sp³-hybridized carbons (Fsp3) is 0.0909. The molecule has 0 spiro atoms. The maximum absolute atomic E-state index is 2.34. The summed E-state index contributed by atoms with van der Waals surface area (Å²) in [4.78, 5) is 0. The van der Waals surface area contributed by atoms with Crippen LogP contribution in [0.1, 0.15) is 11.1 Å². The van der Waals surface area contributed by atoms with Crippen molar-refractivity contribution in [3.8, 4) is 0 Å². The predicted octanol–water partition coefficient (Wildman–Crippen LogP) is 5.76. The molecule has 2 aromatic carbocycles. The van der Waals surface area contributed by atoms with E-state index in [0.29, 0.717) is 0 Å². The third-order valence-corrected chi connectivity index (χ3v) is 6.04. The van der Waals surface area contributed by atoms with Gasteiger partial charge in [-0.1, -0.05) is 109 Å². The van der Waals surface area contributed by atoms with E-state index in [9.17, 15) is 0 Å².